The van der Waals surface area contributed by atoms with E-state index >= 15 is 0 Å². The maximum atomic E-state index is 12.3. The van der Waals surface area contributed by atoms with E-state index in [-0.39, 0.29) is 5.91 Å². The van der Waals surface area contributed by atoms with Gasteiger partial charge in [0.15, 0.2) is 6.10 Å². The highest BCUT2D eigenvalue weighted by molar-refractivity contribution is 6.33. The summed E-state index contributed by atoms with van der Waals surface area (Å²) in [5.41, 5.74) is 1.59. The molecule has 1 atom stereocenters. The fraction of sp³-hybridized carbons (Fsp3) is 0.235. The SMILES string of the molecule is CC[C@@H](Oc1ccccc1C)C(=O)Nc1ccccc1Cl. The maximum Gasteiger partial charge on any atom is 0.265 e. The van der Waals surface area contributed by atoms with Crippen LogP contribution >= 0.6 is 11.6 Å². The van der Waals surface area contributed by atoms with Gasteiger partial charge in [-0.3, -0.25) is 4.79 Å². The van der Waals surface area contributed by atoms with Gasteiger partial charge < -0.3 is 10.1 Å². The summed E-state index contributed by atoms with van der Waals surface area (Å²) in [6, 6.07) is 14.8. The van der Waals surface area contributed by atoms with Crippen molar-refractivity contribution in [2.24, 2.45) is 0 Å². The average Bonchev–Trinajstić information content (AvgIpc) is 2.48. The van der Waals surface area contributed by atoms with Crippen LogP contribution in [0.3, 0.4) is 0 Å². The number of hydrogen-bond donors (Lipinski definition) is 1. The van der Waals surface area contributed by atoms with E-state index in [1.807, 2.05) is 50.2 Å². The van der Waals surface area contributed by atoms with E-state index in [9.17, 15) is 4.79 Å². The summed E-state index contributed by atoms with van der Waals surface area (Å²) in [5.74, 6) is 0.521. The molecule has 1 amide bonds. The number of halogens is 1. The molecule has 0 aliphatic rings. The Morgan fingerprint density at radius 2 is 1.86 bits per heavy atom. The summed E-state index contributed by atoms with van der Waals surface area (Å²) >= 11 is 6.05. The number of amides is 1. The molecule has 2 rings (SSSR count). The van der Waals surface area contributed by atoms with E-state index in [2.05, 4.69) is 5.32 Å². The number of carbonyl (C=O) groups is 1. The van der Waals surface area contributed by atoms with E-state index in [4.69, 9.17) is 16.3 Å². The zero-order chi connectivity index (χ0) is 15.2. The van der Waals surface area contributed by atoms with Crippen LogP contribution in [0.2, 0.25) is 5.02 Å². The molecule has 0 heterocycles. The highest BCUT2D eigenvalue weighted by Gasteiger charge is 2.19. The molecule has 21 heavy (non-hydrogen) atoms. The van der Waals surface area contributed by atoms with Gasteiger partial charge in [-0.25, -0.2) is 0 Å². The number of ether oxygens (including phenoxy) is 1. The van der Waals surface area contributed by atoms with Gasteiger partial charge in [-0.15, -0.1) is 0 Å². The largest absolute Gasteiger partial charge is 0.480 e. The minimum absolute atomic E-state index is 0.200. The van der Waals surface area contributed by atoms with Crippen LogP contribution in [-0.4, -0.2) is 12.0 Å². The molecule has 0 aromatic heterocycles. The molecule has 0 aliphatic heterocycles. The van der Waals surface area contributed by atoms with Crippen molar-refractivity contribution in [3.8, 4) is 5.75 Å². The standard InChI is InChI=1S/C17H18ClNO2/c1-3-15(21-16-11-7-4-8-12(16)2)17(20)19-14-10-6-5-9-13(14)18/h4-11,15H,3H2,1-2H3,(H,19,20)/t15-/m1/s1. The fourth-order valence-corrected chi connectivity index (χ4v) is 2.12. The molecule has 0 radical (unpaired) electrons. The zero-order valence-electron chi connectivity index (χ0n) is 12.1. The Labute approximate surface area is 129 Å². The number of carbonyl (C=O) groups excluding carboxylic acids is 1. The molecular formula is C17H18ClNO2. The van der Waals surface area contributed by atoms with Crippen molar-refractivity contribution in [2.75, 3.05) is 5.32 Å². The lowest BCUT2D eigenvalue weighted by atomic mass is 10.2. The minimum Gasteiger partial charge on any atom is -0.480 e. The lowest BCUT2D eigenvalue weighted by molar-refractivity contribution is -0.122. The molecule has 0 saturated carbocycles. The van der Waals surface area contributed by atoms with Crippen LogP contribution in [0.5, 0.6) is 5.75 Å². The second-order valence-electron chi connectivity index (χ2n) is 4.75. The first kappa shape index (κ1) is 15.4. The van der Waals surface area contributed by atoms with Crippen LogP contribution in [0.4, 0.5) is 5.69 Å². The lowest BCUT2D eigenvalue weighted by Crippen LogP contribution is -2.32. The van der Waals surface area contributed by atoms with Gasteiger partial charge in [0.2, 0.25) is 0 Å². The molecule has 4 heteroatoms. The van der Waals surface area contributed by atoms with E-state index in [0.717, 1.165) is 11.3 Å². The molecule has 3 nitrogen and oxygen atoms in total. The Hall–Kier alpha value is -2.00. The van der Waals surface area contributed by atoms with Crippen LogP contribution in [0.25, 0.3) is 0 Å². The van der Waals surface area contributed by atoms with E-state index < -0.39 is 6.10 Å². The van der Waals surface area contributed by atoms with Crippen molar-refractivity contribution in [3.63, 3.8) is 0 Å². The average molecular weight is 304 g/mol. The Morgan fingerprint density at radius 1 is 1.19 bits per heavy atom. The third-order valence-corrected chi connectivity index (χ3v) is 3.49. The van der Waals surface area contributed by atoms with Gasteiger partial charge in [-0.1, -0.05) is 48.9 Å². The predicted octanol–water partition coefficient (Wildman–Crippen LogP) is 4.44. The van der Waals surface area contributed by atoms with Crippen molar-refractivity contribution in [3.05, 3.63) is 59.1 Å². The lowest BCUT2D eigenvalue weighted by Gasteiger charge is -2.18. The van der Waals surface area contributed by atoms with Crippen molar-refractivity contribution in [2.45, 2.75) is 26.4 Å². The molecule has 0 aliphatic carbocycles. The molecule has 0 saturated heterocycles. The summed E-state index contributed by atoms with van der Waals surface area (Å²) in [5, 5.41) is 3.32. The Bertz CT molecular complexity index is 628. The molecule has 0 spiro atoms. The van der Waals surface area contributed by atoms with Crippen molar-refractivity contribution in [1.29, 1.82) is 0 Å². The molecule has 110 valence electrons. The van der Waals surface area contributed by atoms with E-state index in [1.165, 1.54) is 0 Å². The number of benzene rings is 2. The highest BCUT2D eigenvalue weighted by atomic mass is 35.5. The number of para-hydroxylation sites is 2. The first-order valence-electron chi connectivity index (χ1n) is 6.89. The molecule has 0 unspecified atom stereocenters. The van der Waals surface area contributed by atoms with Gasteiger partial charge in [0, 0.05) is 0 Å². The van der Waals surface area contributed by atoms with Gasteiger partial charge in [-0.05, 0) is 37.1 Å². The summed E-state index contributed by atoms with van der Waals surface area (Å²) in [6.07, 6.45) is 0.0207. The van der Waals surface area contributed by atoms with Crippen LogP contribution in [0.15, 0.2) is 48.5 Å². The first-order chi connectivity index (χ1) is 10.1. The van der Waals surface area contributed by atoms with Crippen LogP contribution < -0.4 is 10.1 Å². The molecule has 0 fully saturated rings. The quantitative estimate of drug-likeness (QED) is 0.886. The van der Waals surface area contributed by atoms with Crippen LogP contribution in [0.1, 0.15) is 18.9 Å². The van der Waals surface area contributed by atoms with Gasteiger partial charge >= 0.3 is 0 Å². The summed E-state index contributed by atoms with van der Waals surface area (Å²) in [7, 11) is 0. The summed E-state index contributed by atoms with van der Waals surface area (Å²) in [4.78, 5) is 12.3. The molecule has 0 bridgehead atoms. The number of anilines is 1. The predicted molar refractivity (Wildman–Crippen MR) is 86.0 cm³/mol. The number of rotatable bonds is 5. The van der Waals surface area contributed by atoms with Gasteiger partial charge in [0.05, 0.1) is 10.7 Å². The maximum absolute atomic E-state index is 12.3. The Kier molecular flexibility index (Phi) is 5.23. The first-order valence-corrected chi connectivity index (χ1v) is 7.27. The smallest absolute Gasteiger partial charge is 0.265 e. The molecule has 2 aromatic rings. The fourth-order valence-electron chi connectivity index (χ4n) is 1.94. The summed E-state index contributed by atoms with van der Waals surface area (Å²) < 4.78 is 5.81. The zero-order valence-corrected chi connectivity index (χ0v) is 12.9. The Morgan fingerprint density at radius 3 is 2.52 bits per heavy atom. The van der Waals surface area contributed by atoms with Gasteiger partial charge in [-0.2, -0.15) is 0 Å². The van der Waals surface area contributed by atoms with Crippen molar-refractivity contribution >= 4 is 23.2 Å². The highest BCUT2D eigenvalue weighted by Crippen LogP contribution is 2.22. The van der Waals surface area contributed by atoms with Crippen molar-refractivity contribution in [1.82, 2.24) is 0 Å². The third kappa shape index (κ3) is 3.99. The van der Waals surface area contributed by atoms with E-state index in [0.29, 0.717) is 17.1 Å². The number of hydrogen-bond acceptors (Lipinski definition) is 2. The van der Waals surface area contributed by atoms with Gasteiger partial charge in [0.1, 0.15) is 5.75 Å². The monoisotopic (exact) mass is 303 g/mol. The Balaban J connectivity index is 2.09. The van der Waals surface area contributed by atoms with E-state index in [1.54, 1.807) is 12.1 Å². The van der Waals surface area contributed by atoms with Crippen LogP contribution in [-0.2, 0) is 4.79 Å². The normalized spacial score (nSPS) is 11.8. The topological polar surface area (TPSA) is 38.3 Å². The second-order valence-corrected chi connectivity index (χ2v) is 5.16. The molecule has 1 N–H and O–H groups in total. The minimum atomic E-state index is -0.553. The third-order valence-electron chi connectivity index (χ3n) is 3.16. The second kappa shape index (κ2) is 7.14. The number of aryl methyl sites for hydroxylation is 1. The van der Waals surface area contributed by atoms with Crippen molar-refractivity contribution < 1.29 is 9.53 Å². The molecule has 2 aromatic carbocycles. The van der Waals surface area contributed by atoms with Gasteiger partial charge in [0.25, 0.3) is 5.91 Å². The summed E-state index contributed by atoms with van der Waals surface area (Å²) in [6.45, 7) is 3.86. The molecular weight excluding hydrogens is 286 g/mol. The number of nitrogens with one attached hydrogen (secondary N) is 1. The van der Waals surface area contributed by atoms with Crippen LogP contribution in [0, 0.1) is 6.92 Å².